The molecule has 2 N–H and O–H groups in total. The highest BCUT2D eigenvalue weighted by atomic mass is 19.1. The highest BCUT2D eigenvalue weighted by Crippen LogP contribution is 2.41. The monoisotopic (exact) mass is 516 g/mol. The molecule has 5 rings (SSSR count). The third-order valence-corrected chi connectivity index (χ3v) is 7.00. The Bertz CT molecular complexity index is 1380. The van der Waals surface area contributed by atoms with Crippen LogP contribution in [0, 0.1) is 0 Å². The standard InChI is InChI=1S/C30H29FN2O5/c1-2-20-18-33(29(36)32-27(20)35)28-25(31)26(34)24(38-28)19-37-30(21-12-6-3-7-13-21,22-14-8-4-9-15-22)23-16-10-5-11-17-23/h3-18,24-26,28,34H,2,19H2,1H3,(H,32,35,36)/t24-,25+,26-,28-/m1/s1. The zero-order chi connectivity index (χ0) is 26.7. The van der Waals surface area contributed by atoms with Gasteiger partial charge in [-0.05, 0) is 23.1 Å². The maximum absolute atomic E-state index is 15.3. The fraction of sp³-hybridized carbons (Fsp3) is 0.267. The summed E-state index contributed by atoms with van der Waals surface area (Å²) in [5.41, 5.74) is 0.446. The lowest BCUT2D eigenvalue weighted by Gasteiger charge is -2.37. The molecule has 0 spiro atoms. The number of alkyl halides is 1. The number of H-pyrrole nitrogens is 1. The maximum atomic E-state index is 15.3. The summed E-state index contributed by atoms with van der Waals surface area (Å²) in [6.07, 6.45) is -4.30. The van der Waals surface area contributed by atoms with Crippen molar-refractivity contribution in [3.05, 3.63) is 140 Å². The first kappa shape index (κ1) is 25.8. The second-order valence-corrected chi connectivity index (χ2v) is 9.26. The molecule has 1 aliphatic rings. The van der Waals surface area contributed by atoms with Crippen LogP contribution in [0.3, 0.4) is 0 Å². The van der Waals surface area contributed by atoms with Gasteiger partial charge in [0.25, 0.3) is 5.56 Å². The smallest absolute Gasteiger partial charge is 0.330 e. The molecular formula is C30H29FN2O5. The number of hydrogen-bond donors (Lipinski definition) is 2. The summed E-state index contributed by atoms with van der Waals surface area (Å²) in [6, 6.07) is 29.0. The van der Waals surface area contributed by atoms with E-state index in [-0.39, 0.29) is 6.61 Å². The van der Waals surface area contributed by atoms with Crippen LogP contribution in [0.1, 0.15) is 35.4 Å². The van der Waals surface area contributed by atoms with Gasteiger partial charge in [0.15, 0.2) is 12.4 Å². The zero-order valence-corrected chi connectivity index (χ0v) is 20.9. The number of rotatable bonds is 8. The highest BCUT2D eigenvalue weighted by molar-refractivity contribution is 5.47. The Morgan fingerprint density at radius 2 is 1.42 bits per heavy atom. The number of aliphatic hydroxyl groups is 1. The van der Waals surface area contributed by atoms with Crippen LogP contribution in [0.4, 0.5) is 4.39 Å². The molecule has 38 heavy (non-hydrogen) atoms. The second-order valence-electron chi connectivity index (χ2n) is 9.26. The number of nitrogens with one attached hydrogen (secondary N) is 1. The topological polar surface area (TPSA) is 93.6 Å². The summed E-state index contributed by atoms with van der Waals surface area (Å²) in [5.74, 6) is 0. The second kappa shape index (κ2) is 10.9. The van der Waals surface area contributed by atoms with Gasteiger partial charge in [-0.15, -0.1) is 0 Å². The van der Waals surface area contributed by atoms with Crippen molar-refractivity contribution in [2.75, 3.05) is 6.61 Å². The van der Waals surface area contributed by atoms with Crippen molar-refractivity contribution in [1.29, 1.82) is 0 Å². The number of benzene rings is 3. The quantitative estimate of drug-likeness (QED) is 0.349. The number of aliphatic hydroxyl groups excluding tert-OH is 1. The molecule has 1 aromatic heterocycles. The van der Waals surface area contributed by atoms with E-state index in [2.05, 4.69) is 4.98 Å². The Kier molecular flexibility index (Phi) is 7.37. The SMILES string of the molecule is CCc1cn([C@@H]2O[C@H](COC(c3ccccc3)(c3ccccc3)c3ccccc3)[C@@H](O)[C@@H]2F)c(=O)[nH]c1=O. The van der Waals surface area contributed by atoms with E-state index in [0.717, 1.165) is 21.3 Å². The number of aromatic nitrogens is 2. The average molecular weight is 517 g/mol. The van der Waals surface area contributed by atoms with Gasteiger partial charge in [-0.3, -0.25) is 14.3 Å². The maximum Gasteiger partial charge on any atom is 0.330 e. The molecule has 7 nitrogen and oxygen atoms in total. The van der Waals surface area contributed by atoms with Crippen LogP contribution in [0.25, 0.3) is 0 Å². The molecule has 8 heteroatoms. The van der Waals surface area contributed by atoms with Gasteiger partial charge in [0.2, 0.25) is 0 Å². The molecule has 0 bridgehead atoms. The minimum absolute atomic E-state index is 0.171. The Balaban J connectivity index is 1.52. The summed E-state index contributed by atoms with van der Waals surface area (Å²) in [5, 5.41) is 10.8. The predicted octanol–water partition coefficient (Wildman–Crippen LogP) is 3.70. The van der Waals surface area contributed by atoms with Crippen LogP contribution in [0.5, 0.6) is 0 Å². The number of hydrogen-bond acceptors (Lipinski definition) is 5. The van der Waals surface area contributed by atoms with Crippen molar-refractivity contribution in [2.45, 2.75) is 43.6 Å². The van der Waals surface area contributed by atoms with Gasteiger partial charge in [0.05, 0.1) is 6.61 Å². The summed E-state index contributed by atoms with van der Waals surface area (Å²) < 4.78 is 28.9. The van der Waals surface area contributed by atoms with Crippen LogP contribution in [-0.2, 0) is 21.5 Å². The fourth-order valence-electron chi connectivity index (χ4n) is 5.01. The minimum atomic E-state index is -1.91. The Morgan fingerprint density at radius 1 is 0.921 bits per heavy atom. The van der Waals surface area contributed by atoms with Crippen LogP contribution >= 0.6 is 0 Å². The molecule has 4 atom stereocenters. The van der Waals surface area contributed by atoms with Crippen molar-refractivity contribution in [3.63, 3.8) is 0 Å². The van der Waals surface area contributed by atoms with Crippen molar-refractivity contribution in [2.24, 2.45) is 0 Å². The molecule has 4 aromatic rings. The molecule has 0 saturated carbocycles. The third-order valence-electron chi connectivity index (χ3n) is 7.00. The highest BCUT2D eigenvalue weighted by Gasteiger charge is 2.47. The lowest BCUT2D eigenvalue weighted by atomic mass is 9.80. The number of ether oxygens (including phenoxy) is 2. The molecule has 0 unspecified atom stereocenters. The first-order valence-electron chi connectivity index (χ1n) is 12.6. The van der Waals surface area contributed by atoms with Gasteiger partial charge in [-0.1, -0.05) is 97.9 Å². The van der Waals surface area contributed by atoms with Crippen molar-refractivity contribution in [3.8, 4) is 0 Å². The van der Waals surface area contributed by atoms with Crippen molar-refractivity contribution < 1.29 is 19.0 Å². The van der Waals surface area contributed by atoms with Gasteiger partial charge in [0.1, 0.15) is 17.8 Å². The van der Waals surface area contributed by atoms with Crippen LogP contribution in [0.15, 0.2) is 107 Å². The summed E-state index contributed by atoms with van der Waals surface area (Å²) in [7, 11) is 0. The van der Waals surface area contributed by atoms with Crippen LogP contribution in [0.2, 0.25) is 0 Å². The molecule has 0 radical (unpaired) electrons. The predicted molar refractivity (Wildman–Crippen MR) is 141 cm³/mol. The molecule has 2 heterocycles. The van der Waals surface area contributed by atoms with Gasteiger partial charge < -0.3 is 14.6 Å². The van der Waals surface area contributed by atoms with E-state index >= 15 is 4.39 Å². The van der Waals surface area contributed by atoms with E-state index in [1.54, 1.807) is 6.92 Å². The molecular weight excluding hydrogens is 487 g/mol. The summed E-state index contributed by atoms with van der Waals surface area (Å²) in [4.78, 5) is 26.7. The largest absolute Gasteiger partial charge is 0.387 e. The summed E-state index contributed by atoms with van der Waals surface area (Å²) in [6.45, 7) is 1.58. The van der Waals surface area contributed by atoms with Gasteiger partial charge in [-0.25, -0.2) is 9.18 Å². The first-order valence-corrected chi connectivity index (χ1v) is 12.6. The third kappa shape index (κ3) is 4.62. The fourth-order valence-corrected chi connectivity index (χ4v) is 5.01. The molecule has 1 saturated heterocycles. The van der Waals surface area contributed by atoms with Gasteiger partial charge in [0, 0.05) is 11.8 Å². The molecule has 196 valence electrons. The van der Waals surface area contributed by atoms with E-state index in [1.807, 2.05) is 91.0 Å². The average Bonchev–Trinajstić information content (AvgIpc) is 3.24. The number of aryl methyl sites for hydroxylation is 1. The summed E-state index contributed by atoms with van der Waals surface area (Å²) >= 11 is 0. The van der Waals surface area contributed by atoms with E-state index in [0.29, 0.717) is 12.0 Å². The Labute approximate surface area is 219 Å². The van der Waals surface area contributed by atoms with E-state index in [9.17, 15) is 14.7 Å². The Morgan fingerprint density at radius 3 is 1.89 bits per heavy atom. The van der Waals surface area contributed by atoms with Crippen LogP contribution in [-0.4, -0.2) is 39.6 Å². The first-order chi connectivity index (χ1) is 18.5. The van der Waals surface area contributed by atoms with Crippen molar-refractivity contribution >= 4 is 0 Å². The molecule has 0 aliphatic carbocycles. The molecule has 1 aliphatic heterocycles. The lowest BCUT2D eigenvalue weighted by Crippen LogP contribution is -2.39. The van der Waals surface area contributed by atoms with E-state index < -0.39 is 41.5 Å². The number of aromatic amines is 1. The molecule has 3 aromatic carbocycles. The van der Waals surface area contributed by atoms with Crippen molar-refractivity contribution in [1.82, 2.24) is 9.55 Å². The van der Waals surface area contributed by atoms with E-state index in [1.165, 1.54) is 6.20 Å². The molecule has 1 fully saturated rings. The number of nitrogens with zero attached hydrogens (tertiary/aromatic N) is 1. The van der Waals surface area contributed by atoms with Crippen LogP contribution < -0.4 is 11.2 Å². The normalized spacial score (nSPS) is 21.4. The minimum Gasteiger partial charge on any atom is -0.387 e. The zero-order valence-electron chi connectivity index (χ0n) is 20.9. The number of halogens is 1. The van der Waals surface area contributed by atoms with E-state index in [4.69, 9.17) is 9.47 Å². The van der Waals surface area contributed by atoms with Gasteiger partial charge >= 0.3 is 5.69 Å². The Hall–Kier alpha value is -3.85. The van der Waals surface area contributed by atoms with Gasteiger partial charge in [-0.2, -0.15) is 0 Å². The lowest BCUT2D eigenvalue weighted by molar-refractivity contribution is -0.0950. The molecule has 0 amide bonds.